The molecule has 1 rings (SSSR count). The summed E-state index contributed by atoms with van der Waals surface area (Å²) in [4.78, 5) is 24.1. The largest absolute Gasteiger partial charge is 0.494 e. The number of anilines is 1. The normalized spacial score (nSPS) is 10.3. The van der Waals surface area contributed by atoms with Gasteiger partial charge in [-0.2, -0.15) is 0 Å². The molecule has 0 unspecified atom stereocenters. The highest BCUT2D eigenvalue weighted by molar-refractivity contribution is 5.91. The molecule has 0 aromatic heterocycles. The molecule has 21 heavy (non-hydrogen) atoms. The summed E-state index contributed by atoms with van der Waals surface area (Å²) in [6.45, 7) is 5.87. The Morgan fingerprint density at radius 3 is 2.38 bits per heavy atom. The lowest BCUT2D eigenvalue weighted by Crippen LogP contribution is -2.43. The summed E-state index contributed by atoms with van der Waals surface area (Å²) in [5.74, 6) is -0.303. The van der Waals surface area contributed by atoms with Crippen LogP contribution >= 0.6 is 0 Å². The fourth-order valence-electron chi connectivity index (χ4n) is 1.68. The quantitative estimate of drug-likeness (QED) is 0.810. The first-order valence-corrected chi connectivity index (χ1v) is 6.96. The number of hydrogen-bond donors (Lipinski definition) is 2. The standard InChI is InChI=1S/C15H22N2O4/c1-4-9-21-13-7-5-12(6-8-13)16-15(20)17(11(2)3)10-14(18)19/h5-8,11H,4,9-10H2,1-3H3,(H,16,20)(H,18,19). The Kier molecular flexibility index (Phi) is 6.52. The molecule has 0 saturated carbocycles. The van der Waals surface area contributed by atoms with Crippen LogP contribution in [-0.4, -0.2) is 41.2 Å². The van der Waals surface area contributed by atoms with E-state index in [1.165, 1.54) is 4.90 Å². The number of carbonyl (C=O) groups is 2. The first-order valence-electron chi connectivity index (χ1n) is 6.96. The summed E-state index contributed by atoms with van der Waals surface area (Å²) >= 11 is 0. The van der Waals surface area contributed by atoms with Crippen molar-refractivity contribution in [3.05, 3.63) is 24.3 Å². The second kappa shape index (κ2) is 8.14. The number of carboxylic acid groups (broad SMARTS) is 1. The van der Waals surface area contributed by atoms with Crippen molar-refractivity contribution in [1.29, 1.82) is 0 Å². The molecule has 2 amide bonds. The van der Waals surface area contributed by atoms with Crippen LogP contribution in [0.5, 0.6) is 5.75 Å². The Morgan fingerprint density at radius 1 is 1.29 bits per heavy atom. The summed E-state index contributed by atoms with van der Waals surface area (Å²) in [6, 6.07) is 6.34. The minimum atomic E-state index is -1.04. The molecule has 0 aliphatic rings. The van der Waals surface area contributed by atoms with E-state index in [1.54, 1.807) is 38.1 Å². The van der Waals surface area contributed by atoms with Crippen LogP contribution in [0.1, 0.15) is 27.2 Å². The summed E-state index contributed by atoms with van der Waals surface area (Å²) in [6.07, 6.45) is 0.928. The van der Waals surface area contributed by atoms with E-state index in [4.69, 9.17) is 9.84 Å². The smallest absolute Gasteiger partial charge is 0.323 e. The second-order valence-electron chi connectivity index (χ2n) is 4.92. The van der Waals surface area contributed by atoms with E-state index < -0.39 is 12.0 Å². The van der Waals surface area contributed by atoms with Crippen molar-refractivity contribution in [2.45, 2.75) is 33.2 Å². The van der Waals surface area contributed by atoms with Crippen molar-refractivity contribution in [2.24, 2.45) is 0 Å². The highest BCUT2D eigenvalue weighted by atomic mass is 16.5. The number of ether oxygens (including phenoxy) is 1. The molecule has 116 valence electrons. The number of benzene rings is 1. The molecular formula is C15H22N2O4. The maximum Gasteiger partial charge on any atom is 0.323 e. The van der Waals surface area contributed by atoms with Gasteiger partial charge in [-0.05, 0) is 44.5 Å². The van der Waals surface area contributed by atoms with Gasteiger partial charge in [0.2, 0.25) is 0 Å². The topological polar surface area (TPSA) is 78.9 Å². The van der Waals surface area contributed by atoms with E-state index in [0.717, 1.165) is 12.2 Å². The first kappa shape index (κ1) is 16.8. The van der Waals surface area contributed by atoms with E-state index in [9.17, 15) is 9.59 Å². The number of nitrogens with one attached hydrogen (secondary N) is 1. The molecule has 6 heteroatoms. The molecule has 0 saturated heterocycles. The molecule has 0 radical (unpaired) electrons. The SMILES string of the molecule is CCCOc1ccc(NC(=O)N(CC(=O)O)C(C)C)cc1. The maximum atomic E-state index is 12.1. The average Bonchev–Trinajstić information content (AvgIpc) is 2.43. The minimum absolute atomic E-state index is 0.201. The van der Waals surface area contributed by atoms with Crippen LogP contribution < -0.4 is 10.1 Å². The first-order chi connectivity index (χ1) is 9.93. The van der Waals surface area contributed by atoms with Crippen molar-refractivity contribution in [2.75, 3.05) is 18.5 Å². The Balaban J connectivity index is 2.66. The monoisotopic (exact) mass is 294 g/mol. The van der Waals surface area contributed by atoms with Crippen LogP contribution in [0.25, 0.3) is 0 Å². The van der Waals surface area contributed by atoms with E-state index in [2.05, 4.69) is 5.32 Å². The Hall–Kier alpha value is -2.24. The number of hydrogen-bond acceptors (Lipinski definition) is 3. The highest BCUT2D eigenvalue weighted by Crippen LogP contribution is 2.16. The molecule has 0 aliphatic carbocycles. The zero-order valence-corrected chi connectivity index (χ0v) is 12.6. The third-order valence-corrected chi connectivity index (χ3v) is 2.77. The van der Waals surface area contributed by atoms with Gasteiger partial charge in [-0.25, -0.2) is 4.79 Å². The summed E-state index contributed by atoms with van der Waals surface area (Å²) in [7, 11) is 0. The van der Waals surface area contributed by atoms with Gasteiger partial charge in [0.1, 0.15) is 12.3 Å². The van der Waals surface area contributed by atoms with Crippen LogP contribution in [0.4, 0.5) is 10.5 Å². The van der Waals surface area contributed by atoms with E-state index in [-0.39, 0.29) is 12.6 Å². The molecule has 0 bridgehead atoms. The third-order valence-electron chi connectivity index (χ3n) is 2.77. The van der Waals surface area contributed by atoms with Crippen LogP contribution in [0, 0.1) is 0 Å². The van der Waals surface area contributed by atoms with Gasteiger partial charge in [-0.15, -0.1) is 0 Å². The van der Waals surface area contributed by atoms with Gasteiger partial charge in [0.25, 0.3) is 0 Å². The highest BCUT2D eigenvalue weighted by Gasteiger charge is 2.19. The maximum absolute atomic E-state index is 12.1. The minimum Gasteiger partial charge on any atom is -0.494 e. The van der Waals surface area contributed by atoms with Crippen LogP contribution in [0.2, 0.25) is 0 Å². The molecule has 0 fully saturated rings. The van der Waals surface area contributed by atoms with E-state index in [1.807, 2.05) is 6.92 Å². The molecule has 6 nitrogen and oxygen atoms in total. The lowest BCUT2D eigenvalue weighted by Gasteiger charge is -2.25. The molecule has 0 spiro atoms. The Morgan fingerprint density at radius 2 is 1.90 bits per heavy atom. The van der Waals surface area contributed by atoms with Gasteiger partial charge in [-0.1, -0.05) is 6.92 Å². The molecule has 1 aromatic carbocycles. The van der Waals surface area contributed by atoms with Gasteiger partial charge < -0.3 is 20.1 Å². The lowest BCUT2D eigenvalue weighted by molar-refractivity contribution is -0.137. The lowest BCUT2D eigenvalue weighted by atomic mass is 10.3. The number of urea groups is 1. The summed E-state index contributed by atoms with van der Waals surface area (Å²) in [5.41, 5.74) is 0.597. The number of carbonyl (C=O) groups excluding carboxylic acids is 1. The van der Waals surface area contributed by atoms with Crippen molar-refractivity contribution >= 4 is 17.7 Å². The number of aliphatic carboxylic acids is 1. The molecular weight excluding hydrogens is 272 g/mol. The molecule has 0 aliphatic heterocycles. The second-order valence-corrected chi connectivity index (χ2v) is 4.92. The van der Waals surface area contributed by atoms with E-state index in [0.29, 0.717) is 12.3 Å². The number of nitrogens with zero attached hydrogens (tertiary/aromatic N) is 1. The Labute approximate surface area is 124 Å². The van der Waals surface area contributed by atoms with Crippen molar-refractivity contribution in [3.63, 3.8) is 0 Å². The summed E-state index contributed by atoms with van der Waals surface area (Å²) in [5, 5.41) is 11.5. The predicted molar refractivity (Wildman–Crippen MR) is 80.7 cm³/mol. The number of carboxylic acids is 1. The average molecular weight is 294 g/mol. The molecule has 0 atom stereocenters. The van der Waals surface area contributed by atoms with Crippen molar-refractivity contribution in [1.82, 2.24) is 4.90 Å². The zero-order chi connectivity index (χ0) is 15.8. The van der Waals surface area contributed by atoms with Crippen molar-refractivity contribution < 1.29 is 19.4 Å². The van der Waals surface area contributed by atoms with Gasteiger partial charge >= 0.3 is 12.0 Å². The van der Waals surface area contributed by atoms with Crippen LogP contribution in [0.15, 0.2) is 24.3 Å². The molecule has 2 N–H and O–H groups in total. The molecule has 1 aromatic rings. The third kappa shape index (κ3) is 5.72. The number of rotatable bonds is 7. The van der Waals surface area contributed by atoms with Gasteiger partial charge in [0.15, 0.2) is 0 Å². The molecule has 0 heterocycles. The fraction of sp³-hybridized carbons (Fsp3) is 0.467. The summed E-state index contributed by atoms with van der Waals surface area (Å²) < 4.78 is 5.45. The van der Waals surface area contributed by atoms with Crippen molar-refractivity contribution in [3.8, 4) is 5.75 Å². The van der Waals surface area contributed by atoms with E-state index >= 15 is 0 Å². The fourth-order valence-corrected chi connectivity index (χ4v) is 1.68. The predicted octanol–water partition coefficient (Wildman–Crippen LogP) is 2.80. The number of amides is 2. The van der Waals surface area contributed by atoms with Gasteiger partial charge in [-0.3, -0.25) is 4.79 Å². The van der Waals surface area contributed by atoms with Crippen LogP contribution in [0.3, 0.4) is 0 Å². The van der Waals surface area contributed by atoms with Gasteiger partial charge in [0, 0.05) is 11.7 Å². The Bertz CT molecular complexity index is 471. The van der Waals surface area contributed by atoms with Gasteiger partial charge in [0.05, 0.1) is 6.61 Å². The van der Waals surface area contributed by atoms with Crippen LogP contribution in [-0.2, 0) is 4.79 Å². The zero-order valence-electron chi connectivity index (χ0n) is 12.6.